The van der Waals surface area contributed by atoms with Crippen molar-refractivity contribution in [3.63, 3.8) is 0 Å². The number of nitrogens with zero attached hydrogens (tertiary/aromatic N) is 3. The topological polar surface area (TPSA) is 46.1 Å². The molecule has 4 rings (SSSR count). The second-order valence-electron chi connectivity index (χ2n) is 6.54. The number of benzene rings is 2. The minimum Gasteiger partial charge on any atom is -0.338 e. The Morgan fingerprint density at radius 1 is 1.19 bits per heavy atom. The molecule has 27 heavy (non-hydrogen) atoms. The molecule has 0 bridgehead atoms. The van der Waals surface area contributed by atoms with Crippen LogP contribution in [0.1, 0.15) is 16.8 Å². The number of fused-ring (bicyclic) bond motifs is 1. The summed E-state index contributed by atoms with van der Waals surface area (Å²) in [5.41, 5.74) is 3.50. The zero-order valence-electron chi connectivity index (χ0n) is 14.5. The van der Waals surface area contributed by atoms with Gasteiger partial charge in [-0.3, -0.25) is 4.79 Å². The number of halogens is 2. The molecule has 0 atom stereocenters. The lowest BCUT2D eigenvalue weighted by Crippen LogP contribution is -2.37. The van der Waals surface area contributed by atoms with Gasteiger partial charge >= 0.3 is 0 Å². The van der Waals surface area contributed by atoms with Gasteiger partial charge < -0.3 is 4.90 Å². The highest BCUT2D eigenvalue weighted by Gasteiger charge is 2.22. The Hall–Kier alpha value is -2.79. The normalized spacial score (nSPS) is 13.3. The van der Waals surface area contributed by atoms with Gasteiger partial charge in [-0.1, -0.05) is 23.7 Å². The molecule has 3 aromatic rings. The molecule has 4 nitrogen and oxygen atoms in total. The van der Waals surface area contributed by atoms with E-state index in [2.05, 4.69) is 9.97 Å². The van der Waals surface area contributed by atoms with Gasteiger partial charge in [-0.2, -0.15) is 0 Å². The number of carbonyl (C=O) groups excluding carboxylic acids is 1. The van der Waals surface area contributed by atoms with Gasteiger partial charge in [0.25, 0.3) is 0 Å². The predicted octanol–water partition coefficient (Wildman–Crippen LogP) is 4.06. The summed E-state index contributed by atoms with van der Waals surface area (Å²) >= 11 is 5.93. The summed E-state index contributed by atoms with van der Waals surface area (Å²) in [5, 5.41) is 0.671. The first kappa shape index (κ1) is 17.6. The lowest BCUT2D eigenvalue weighted by Gasteiger charge is -2.28. The van der Waals surface area contributed by atoms with E-state index in [4.69, 9.17) is 11.6 Å². The van der Waals surface area contributed by atoms with Crippen molar-refractivity contribution in [2.75, 3.05) is 6.54 Å². The van der Waals surface area contributed by atoms with Gasteiger partial charge in [-0.05, 0) is 42.0 Å². The van der Waals surface area contributed by atoms with Crippen molar-refractivity contribution in [2.45, 2.75) is 19.4 Å². The van der Waals surface area contributed by atoms with E-state index < -0.39 is 0 Å². The van der Waals surface area contributed by atoms with Crippen molar-refractivity contribution < 1.29 is 9.18 Å². The summed E-state index contributed by atoms with van der Waals surface area (Å²) in [7, 11) is 0. The molecule has 0 N–H and O–H groups in total. The van der Waals surface area contributed by atoms with Crippen LogP contribution in [0.15, 0.2) is 54.7 Å². The van der Waals surface area contributed by atoms with Crippen molar-refractivity contribution in [1.29, 1.82) is 0 Å². The van der Waals surface area contributed by atoms with Crippen LogP contribution in [0.2, 0.25) is 5.02 Å². The first-order valence-corrected chi connectivity index (χ1v) is 9.09. The molecule has 1 aliphatic rings. The Kier molecular flexibility index (Phi) is 4.86. The minimum atomic E-state index is -0.326. The lowest BCUT2D eigenvalue weighted by molar-refractivity contribution is -0.131. The van der Waals surface area contributed by atoms with Crippen LogP contribution in [0.5, 0.6) is 0 Å². The van der Waals surface area contributed by atoms with Gasteiger partial charge in [0.1, 0.15) is 5.82 Å². The first-order valence-electron chi connectivity index (χ1n) is 8.71. The molecular formula is C21H17ClFN3O. The van der Waals surface area contributed by atoms with Crippen molar-refractivity contribution in [3.05, 3.63) is 82.4 Å². The number of rotatable bonds is 3. The molecule has 0 spiro atoms. The van der Waals surface area contributed by atoms with Crippen molar-refractivity contribution in [1.82, 2.24) is 14.9 Å². The predicted molar refractivity (Wildman–Crippen MR) is 102 cm³/mol. The Balaban J connectivity index is 1.48. The van der Waals surface area contributed by atoms with Gasteiger partial charge in [0.15, 0.2) is 5.82 Å². The highest BCUT2D eigenvalue weighted by molar-refractivity contribution is 6.30. The number of carbonyl (C=O) groups is 1. The van der Waals surface area contributed by atoms with Crippen LogP contribution in [-0.4, -0.2) is 27.3 Å². The lowest BCUT2D eigenvalue weighted by atomic mass is 10.0. The number of amides is 1. The average molecular weight is 382 g/mol. The molecule has 0 unspecified atom stereocenters. The molecule has 0 saturated heterocycles. The molecule has 0 aliphatic carbocycles. The Morgan fingerprint density at radius 3 is 2.78 bits per heavy atom. The fourth-order valence-corrected chi connectivity index (χ4v) is 3.33. The summed E-state index contributed by atoms with van der Waals surface area (Å²) in [5.74, 6) is 0.311. The Morgan fingerprint density at radius 2 is 2.00 bits per heavy atom. The fraction of sp³-hybridized carbons (Fsp3) is 0.190. The van der Waals surface area contributed by atoms with Gasteiger partial charge in [-0.15, -0.1) is 0 Å². The van der Waals surface area contributed by atoms with E-state index in [1.807, 2.05) is 24.3 Å². The monoisotopic (exact) mass is 381 g/mol. The quantitative estimate of drug-likeness (QED) is 0.687. The van der Waals surface area contributed by atoms with Gasteiger partial charge in [-0.25, -0.2) is 14.4 Å². The summed E-state index contributed by atoms with van der Waals surface area (Å²) in [4.78, 5) is 23.4. The molecule has 1 aliphatic heterocycles. The largest absolute Gasteiger partial charge is 0.338 e. The molecule has 1 amide bonds. The third kappa shape index (κ3) is 3.98. The summed E-state index contributed by atoms with van der Waals surface area (Å²) in [6, 6.07) is 13.6. The van der Waals surface area contributed by atoms with Crippen molar-refractivity contribution in [2.24, 2.45) is 0 Å². The van der Waals surface area contributed by atoms with E-state index in [0.717, 1.165) is 16.8 Å². The molecule has 0 fully saturated rings. The Labute approximate surface area is 161 Å². The molecule has 2 aromatic carbocycles. The van der Waals surface area contributed by atoms with Crippen LogP contribution >= 0.6 is 11.6 Å². The maximum atomic E-state index is 13.3. The van der Waals surface area contributed by atoms with Crippen LogP contribution in [0, 0.1) is 5.82 Å². The molecule has 0 radical (unpaired) electrons. The van der Waals surface area contributed by atoms with Crippen molar-refractivity contribution >= 4 is 17.5 Å². The molecule has 6 heteroatoms. The number of hydrogen-bond acceptors (Lipinski definition) is 3. The van der Waals surface area contributed by atoms with Crippen LogP contribution in [0.3, 0.4) is 0 Å². The van der Waals surface area contributed by atoms with Gasteiger partial charge in [0, 0.05) is 41.9 Å². The Bertz CT molecular complexity index is 991. The third-order valence-corrected chi connectivity index (χ3v) is 4.89. The van der Waals surface area contributed by atoms with Gasteiger partial charge in [0.2, 0.25) is 5.91 Å². The van der Waals surface area contributed by atoms with E-state index >= 15 is 0 Å². The first-order chi connectivity index (χ1) is 13.1. The minimum absolute atomic E-state index is 0.0203. The van der Waals surface area contributed by atoms with Crippen molar-refractivity contribution in [3.8, 4) is 11.4 Å². The SMILES string of the molecule is O=C(Cc1cccc(F)c1)N1CCc2nc(-c3ccc(Cl)cc3)ncc2C1. The maximum absolute atomic E-state index is 13.3. The van der Waals surface area contributed by atoms with Crippen LogP contribution in [0.25, 0.3) is 11.4 Å². The average Bonchev–Trinajstić information content (AvgIpc) is 2.68. The van der Waals surface area contributed by atoms with E-state index in [1.54, 1.807) is 23.2 Å². The van der Waals surface area contributed by atoms with Crippen LogP contribution in [0.4, 0.5) is 4.39 Å². The van der Waals surface area contributed by atoms with Crippen LogP contribution in [-0.2, 0) is 24.2 Å². The molecule has 136 valence electrons. The fourth-order valence-electron chi connectivity index (χ4n) is 3.20. The maximum Gasteiger partial charge on any atom is 0.227 e. The number of aromatic nitrogens is 2. The van der Waals surface area contributed by atoms with E-state index in [0.29, 0.717) is 35.9 Å². The molecule has 2 heterocycles. The highest BCUT2D eigenvalue weighted by Crippen LogP contribution is 2.22. The third-order valence-electron chi connectivity index (χ3n) is 4.63. The summed E-state index contributed by atoms with van der Waals surface area (Å²) in [6.07, 6.45) is 2.65. The van der Waals surface area contributed by atoms with Crippen LogP contribution < -0.4 is 0 Å². The molecular weight excluding hydrogens is 365 g/mol. The van der Waals surface area contributed by atoms with E-state index in [9.17, 15) is 9.18 Å². The van der Waals surface area contributed by atoms with E-state index in [1.165, 1.54) is 12.1 Å². The molecule has 1 aromatic heterocycles. The standard InChI is InChI=1S/C21H17ClFN3O/c22-17-6-4-15(5-7-17)21-24-12-16-13-26(9-8-19(16)25-21)20(27)11-14-2-1-3-18(23)10-14/h1-7,10,12H,8-9,11,13H2. The molecule has 0 saturated carbocycles. The summed E-state index contributed by atoms with van der Waals surface area (Å²) < 4.78 is 13.3. The number of hydrogen-bond donors (Lipinski definition) is 0. The zero-order valence-corrected chi connectivity index (χ0v) is 15.3. The van der Waals surface area contributed by atoms with E-state index in [-0.39, 0.29) is 18.1 Å². The zero-order chi connectivity index (χ0) is 18.8. The second-order valence-corrected chi connectivity index (χ2v) is 6.98. The second kappa shape index (κ2) is 7.45. The summed E-state index contributed by atoms with van der Waals surface area (Å²) in [6.45, 7) is 1.07. The van der Waals surface area contributed by atoms with Gasteiger partial charge in [0.05, 0.1) is 12.1 Å². The smallest absolute Gasteiger partial charge is 0.227 e. The highest BCUT2D eigenvalue weighted by atomic mass is 35.5.